The quantitative estimate of drug-likeness (QED) is 0.258. The first-order valence-corrected chi connectivity index (χ1v) is 11.0. The highest BCUT2D eigenvalue weighted by atomic mass is 32.2. The number of amides is 1. The zero-order valence-corrected chi connectivity index (χ0v) is 18.6. The van der Waals surface area contributed by atoms with Gasteiger partial charge >= 0.3 is 0 Å². The number of nitrogens with one attached hydrogen (secondary N) is 2. The monoisotopic (exact) mass is 458 g/mol. The Labute approximate surface area is 186 Å². The number of rotatable bonds is 6. The zero-order chi connectivity index (χ0) is 21.3. The molecule has 0 aliphatic heterocycles. The van der Waals surface area contributed by atoms with Gasteiger partial charge in [-0.15, -0.1) is 16.4 Å². The molecule has 1 amide bonds. The first-order chi connectivity index (χ1) is 14.4. The van der Waals surface area contributed by atoms with E-state index in [0.29, 0.717) is 27.2 Å². The van der Waals surface area contributed by atoms with Gasteiger partial charge in [0.25, 0.3) is 5.91 Å². The van der Waals surface area contributed by atoms with Crippen LogP contribution in [0.1, 0.15) is 33.0 Å². The van der Waals surface area contributed by atoms with Gasteiger partial charge in [0, 0.05) is 35.4 Å². The molecule has 30 heavy (non-hydrogen) atoms. The van der Waals surface area contributed by atoms with Crippen molar-refractivity contribution in [3.05, 3.63) is 58.9 Å². The van der Waals surface area contributed by atoms with E-state index in [1.807, 2.05) is 36.2 Å². The topological polar surface area (TPSA) is 127 Å². The van der Waals surface area contributed by atoms with Gasteiger partial charge in [0.1, 0.15) is 16.9 Å². The third-order valence-corrected chi connectivity index (χ3v) is 6.31. The van der Waals surface area contributed by atoms with E-state index in [0.717, 1.165) is 16.5 Å². The Kier molecular flexibility index (Phi) is 5.79. The Morgan fingerprint density at radius 3 is 2.93 bits per heavy atom. The first-order valence-electron chi connectivity index (χ1n) is 8.79. The van der Waals surface area contributed by atoms with E-state index in [1.54, 1.807) is 18.3 Å². The fraction of sp³-hybridized carbons (Fsp3) is 0.167. The molecular formula is C18H18N8OS3. The number of H-pyrrole nitrogens is 1. The van der Waals surface area contributed by atoms with Crippen LogP contribution in [0.5, 0.6) is 0 Å². The molecule has 12 heteroatoms. The minimum Gasteiger partial charge on any atom is -0.398 e. The van der Waals surface area contributed by atoms with E-state index in [2.05, 4.69) is 43.1 Å². The van der Waals surface area contributed by atoms with E-state index >= 15 is 0 Å². The molecule has 1 atom stereocenters. The molecule has 4 aromatic rings. The van der Waals surface area contributed by atoms with Crippen molar-refractivity contribution in [3.63, 3.8) is 0 Å². The number of hydrogen-bond acceptors (Lipinski definition) is 9. The second kappa shape index (κ2) is 8.50. The van der Waals surface area contributed by atoms with Crippen LogP contribution in [0.2, 0.25) is 0 Å². The van der Waals surface area contributed by atoms with Gasteiger partial charge in [0.15, 0.2) is 5.13 Å². The standard InChI is InChI=1S/C18H18N8OS3/c1-9-21-18(25-24-9)30-10-3-4-12(19)11(7-10)16(27)23-17-22-13(8-29-17)14(28)15-20-5-6-26(15)2/h3-8,14,28H,19H2,1-2H3,(H,21,24,25)(H,22,23,27). The summed E-state index contributed by atoms with van der Waals surface area (Å²) in [6.07, 6.45) is 3.56. The van der Waals surface area contributed by atoms with Crippen molar-refractivity contribution < 1.29 is 4.79 Å². The molecule has 0 aliphatic rings. The summed E-state index contributed by atoms with van der Waals surface area (Å²) in [4.78, 5) is 26.6. The molecule has 0 saturated heterocycles. The Hall–Kier alpha value is -2.83. The number of anilines is 2. The predicted octanol–water partition coefficient (Wildman–Crippen LogP) is 3.31. The van der Waals surface area contributed by atoms with Crippen LogP contribution in [0.3, 0.4) is 0 Å². The number of benzene rings is 1. The SMILES string of the molecule is Cc1nc(Sc2ccc(N)c(C(=O)Nc3nc(C(S)c4nccn4C)cs3)c2)n[nH]1. The highest BCUT2D eigenvalue weighted by Gasteiger charge is 2.19. The number of nitrogen functional groups attached to an aromatic ring is 1. The second-order valence-electron chi connectivity index (χ2n) is 6.39. The van der Waals surface area contributed by atoms with Crippen LogP contribution in [0.25, 0.3) is 0 Å². The average Bonchev–Trinajstić information content (AvgIpc) is 3.45. The number of aromatic amines is 1. The number of carbonyl (C=O) groups excluding carboxylic acids is 1. The normalized spacial score (nSPS) is 12.1. The Balaban J connectivity index is 1.49. The van der Waals surface area contributed by atoms with Crippen molar-refractivity contribution in [1.82, 2.24) is 29.7 Å². The van der Waals surface area contributed by atoms with Gasteiger partial charge in [-0.1, -0.05) is 0 Å². The summed E-state index contributed by atoms with van der Waals surface area (Å²) in [6.45, 7) is 1.82. The van der Waals surface area contributed by atoms with Crippen molar-refractivity contribution >= 4 is 52.5 Å². The molecule has 0 bridgehead atoms. The van der Waals surface area contributed by atoms with Gasteiger partial charge in [-0.25, -0.2) is 15.0 Å². The van der Waals surface area contributed by atoms with Crippen molar-refractivity contribution in [2.75, 3.05) is 11.1 Å². The van der Waals surface area contributed by atoms with Crippen molar-refractivity contribution in [1.29, 1.82) is 0 Å². The molecule has 3 aromatic heterocycles. The van der Waals surface area contributed by atoms with Crippen LogP contribution in [0, 0.1) is 6.92 Å². The maximum absolute atomic E-state index is 12.8. The zero-order valence-electron chi connectivity index (χ0n) is 16.0. The Bertz CT molecular complexity index is 1200. The number of carbonyl (C=O) groups is 1. The number of thiazole rings is 1. The maximum atomic E-state index is 12.8. The fourth-order valence-corrected chi connectivity index (χ4v) is 4.69. The van der Waals surface area contributed by atoms with E-state index in [1.165, 1.54) is 23.1 Å². The number of aromatic nitrogens is 6. The molecule has 1 unspecified atom stereocenters. The van der Waals surface area contributed by atoms with E-state index in [9.17, 15) is 4.79 Å². The van der Waals surface area contributed by atoms with Crippen LogP contribution in [-0.2, 0) is 7.05 Å². The van der Waals surface area contributed by atoms with Gasteiger partial charge < -0.3 is 10.3 Å². The third-order valence-electron chi connectivity index (χ3n) is 4.18. The van der Waals surface area contributed by atoms with Crippen LogP contribution in [0.4, 0.5) is 10.8 Å². The smallest absolute Gasteiger partial charge is 0.259 e. The molecule has 0 saturated carbocycles. The lowest BCUT2D eigenvalue weighted by atomic mass is 10.1. The molecule has 0 fully saturated rings. The Morgan fingerprint density at radius 2 is 2.23 bits per heavy atom. The predicted molar refractivity (Wildman–Crippen MR) is 120 cm³/mol. The molecule has 4 rings (SSSR count). The van der Waals surface area contributed by atoms with Crippen LogP contribution < -0.4 is 11.1 Å². The molecule has 4 N–H and O–H groups in total. The highest BCUT2D eigenvalue weighted by Crippen LogP contribution is 2.31. The van der Waals surface area contributed by atoms with E-state index < -0.39 is 0 Å². The number of nitrogens with two attached hydrogens (primary N) is 1. The van der Waals surface area contributed by atoms with E-state index in [-0.39, 0.29) is 11.2 Å². The van der Waals surface area contributed by atoms with Gasteiger partial charge in [-0.05, 0) is 36.9 Å². The summed E-state index contributed by atoms with van der Waals surface area (Å²) in [6, 6.07) is 5.22. The van der Waals surface area contributed by atoms with Gasteiger partial charge in [0.05, 0.1) is 11.3 Å². The van der Waals surface area contributed by atoms with Gasteiger partial charge in [-0.2, -0.15) is 12.6 Å². The van der Waals surface area contributed by atoms with Gasteiger partial charge in [-0.3, -0.25) is 15.2 Å². The van der Waals surface area contributed by atoms with Crippen molar-refractivity contribution in [2.45, 2.75) is 22.2 Å². The summed E-state index contributed by atoms with van der Waals surface area (Å²) in [7, 11) is 1.90. The third kappa shape index (κ3) is 4.35. The van der Waals surface area contributed by atoms with Crippen LogP contribution >= 0.6 is 35.7 Å². The van der Waals surface area contributed by atoms with Crippen LogP contribution in [-0.4, -0.2) is 35.6 Å². The molecule has 0 radical (unpaired) electrons. The number of imidazole rings is 1. The number of hydrogen-bond donors (Lipinski definition) is 4. The first kappa shape index (κ1) is 20.4. The second-order valence-corrected chi connectivity index (χ2v) is 8.80. The summed E-state index contributed by atoms with van der Waals surface area (Å²) >= 11 is 7.27. The van der Waals surface area contributed by atoms with Gasteiger partial charge in [0.2, 0.25) is 5.16 Å². The summed E-state index contributed by atoms with van der Waals surface area (Å²) in [5.41, 5.74) is 7.47. The van der Waals surface area contributed by atoms with Crippen molar-refractivity contribution in [3.8, 4) is 0 Å². The lowest BCUT2D eigenvalue weighted by Crippen LogP contribution is -2.14. The molecule has 154 valence electrons. The molecule has 1 aromatic carbocycles. The largest absolute Gasteiger partial charge is 0.398 e. The molecule has 3 heterocycles. The van der Waals surface area contributed by atoms with E-state index in [4.69, 9.17) is 5.73 Å². The molecule has 9 nitrogen and oxygen atoms in total. The minimum atomic E-state index is -0.338. The molecular weight excluding hydrogens is 440 g/mol. The van der Waals surface area contributed by atoms with Crippen molar-refractivity contribution in [2.24, 2.45) is 7.05 Å². The average molecular weight is 459 g/mol. The van der Waals surface area contributed by atoms with Crippen LogP contribution in [0.15, 0.2) is 46.0 Å². The highest BCUT2D eigenvalue weighted by molar-refractivity contribution is 7.99. The Morgan fingerprint density at radius 1 is 1.40 bits per heavy atom. The fourth-order valence-electron chi connectivity index (χ4n) is 2.68. The summed E-state index contributed by atoms with van der Waals surface area (Å²) in [5.74, 6) is 1.16. The maximum Gasteiger partial charge on any atom is 0.259 e. The number of nitrogens with zero attached hydrogens (tertiary/aromatic N) is 5. The minimum absolute atomic E-state index is 0.290. The number of aryl methyl sites for hydroxylation is 2. The lowest BCUT2D eigenvalue weighted by Gasteiger charge is -2.08. The lowest BCUT2D eigenvalue weighted by molar-refractivity contribution is 0.102. The summed E-state index contributed by atoms with van der Waals surface area (Å²) in [5, 5.41) is 12.3. The molecule has 0 spiro atoms. The summed E-state index contributed by atoms with van der Waals surface area (Å²) < 4.78 is 1.88. The number of thiol groups is 1. The molecule has 0 aliphatic carbocycles.